The molecule has 0 aromatic rings. The van der Waals surface area contributed by atoms with E-state index in [9.17, 15) is 8.42 Å². The standard InChI is InChI=1S/C10H20N2O2S/c1-5-9(4)12(7-3)15(13,14)10(6-2)8-11/h9-10H,5-7H2,1-4H3. The fraction of sp³-hybridized carbons (Fsp3) is 0.900. The molecule has 0 heterocycles. The zero-order valence-corrected chi connectivity index (χ0v) is 10.7. The van der Waals surface area contributed by atoms with Crippen LogP contribution in [0.1, 0.15) is 40.5 Å². The second kappa shape index (κ2) is 6.09. The molecule has 0 amide bonds. The Morgan fingerprint density at radius 2 is 1.80 bits per heavy atom. The molecule has 0 fully saturated rings. The molecule has 0 spiro atoms. The fourth-order valence-corrected chi connectivity index (χ4v) is 3.37. The third kappa shape index (κ3) is 3.18. The molecule has 15 heavy (non-hydrogen) atoms. The molecule has 0 aromatic heterocycles. The van der Waals surface area contributed by atoms with Gasteiger partial charge in [-0.05, 0) is 19.8 Å². The van der Waals surface area contributed by atoms with Crippen molar-refractivity contribution in [2.24, 2.45) is 0 Å². The Hall–Kier alpha value is -0.600. The summed E-state index contributed by atoms with van der Waals surface area (Å²) in [6.45, 7) is 7.75. The van der Waals surface area contributed by atoms with Crippen LogP contribution < -0.4 is 0 Å². The summed E-state index contributed by atoms with van der Waals surface area (Å²) in [5, 5.41) is 7.89. The summed E-state index contributed by atoms with van der Waals surface area (Å²) < 4.78 is 25.5. The summed E-state index contributed by atoms with van der Waals surface area (Å²) >= 11 is 0. The minimum absolute atomic E-state index is 0.0394. The van der Waals surface area contributed by atoms with Crippen LogP contribution in [-0.2, 0) is 10.0 Å². The van der Waals surface area contributed by atoms with E-state index in [0.717, 1.165) is 6.42 Å². The fourth-order valence-electron chi connectivity index (χ4n) is 1.48. The SMILES string of the molecule is CCC(C)N(CC)S(=O)(=O)C(C#N)CC. The average molecular weight is 232 g/mol. The maximum Gasteiger partial charge on any atom is 0.230 e. The van der Waals surface area contributed by atoms with E-state index >= 15 is 0 Å². The molecule has 88 valence electrons. The molecule has 5 heteroatoms. The van der Waals surface area contributed by atoms with Crippen LogP contribution in [0.5, 0.6) is 0 Å². The van der Waals surface area contributed by atoms with Crippen molar-refractivity contribution < 1.29 is 8.42 Å². The Bertz CT molecular complexity index is 319. The van der Waals surface area contributed by atoms with Gasteiger partial charge in [-0.25, -0.2) is 8.42 Å². The summed E-state index contributed by atoms with van der Waals surface area (Å²) in [5.41, 5.74) is 0. The minimum atomic E-state index is -3.45. The van der Waals surface area contributed by atoms with Crippen LogP contribution in [0.15, 0.2) is 0 Å². The zero-order chi connectivity index (χ0) is 12.1. The Balaban J connectivity index is 5.07. The molecule has 2 atom stereocenters. The second-order valence-corrected chi connectivity index (χ2v) is 5.60. The first-order valence-electron chi connectivity index (χ1n) is 5.35. The lowest BCUT2D eigenvalue weighted by molar-refractivity contribution is 0.340. The van der Waals surface area contributed by atoms with Crippen molar-refractivity contribution in [1.82, 2.24) is 4.31 Å². The molecule has 0 saturated heterocycles. The van der Waals surface area contributed by atoms with Crippen molar-refractivity contribution in [2.75, 3.05) is 6.54 Å². The molecule has 0 saturated carbocycles. The van der Waals surface area contributed by atoms with Gasteiger partial charge in [-0.15, -0.1) is 0 Å². The van der Waals surface area contributed by atoms with E-state index in [1.807, 2.05) is 19.9 Å². The number of nitriles is 1. The van der Waals surface area contributed by atoms with Crippen LogP contribution in [-0.4, -0.2) is 30.6 Å². The summed E-state index contributed by atoms with van der Waals surface area (Å²) in [5.74, 6) is 0. The van der Waals surface area contributed by atoms with E-state index in [1.54, 1.807) is 13.8 Å². The highest BCUT2D eigenvalue weighted by Crippen LogP contribution is 2.16. The van der Waals surface area contributed by atoms with Crippen molar-refractivity contribution in [3.05, 3.63) is 0 Å². The van der Waals surface area contributed by atoms with E-state index in [1.165, 1.54) is 4.31 Å². The molecular formula is C10H20N2O2S. The van der Waals surface area contributed by atoms with Gasteiger partial charge in [0.15, 0.2) is 5.25 Å². The molecule has 2 unspecified atom stereocenters. The van der Waals surface area contributed by atoms with Crippen LogP contribution in [0.25, 0.3) is 0 Å². The highest BCUT2D eigenvalue weighted by Gasteiger charge is 2.32. The lowest BCUT2D eigenvalue weighted by atomic mass is 10.3. The van der Waals surface area contributed by atoms with Gasteiger partial charge in [-0.2, -0.15) is 9.57 Å². The maximum absolute atomic E-state index is 12.0. The van der Waals surface area contributed by atoms with Crippen molar-refractivity contribution in [2.45, 2.75) is 51.8 Å². The third-order valence-electron chi connectivity index (χ3n) is 2.60. The summed E-state index contributed by atoms with van der Waals surface area (Å²) in [6.07, 6.45) is 1.10. The molecule has 4 nitrogen and oxygen atoms in total. The van der Waals surface area contributed by atoms with E-state index in [4.69, 9.17) is 5.26 Å². The van der Waals surface area contributed by atoms with Gasteiger partial charge in [-0.1, -0.05) is 20.8 Å². The lowest BCUT2D eigenvalue weighted by Crippen LogP contribution is -2.43. The van der Waals surface area contributed by atoms with E-state index in [-0.39, 0.29) is 6.04 Å². The number of hydrogen-bond acceptors (Lipinski definition) is 3. The van der Waals surface area contributed by atoms with Crippen LogP contribution in [0.4, 0.5) is 0 Å². The summed E-state index contributed by atoms with van der Waals surface area (Å²) in [7, 11) is -3.45. The normalized spacial score (nSPS) is 16.0. The van der Waals surface area contributed by atoms with Gasteiger partial charge >= 0.3 is 0 Å². The first kappa shape index (κ1) is 14.4. The van der Waals surface area contributed by atoms with Crippen LogP contribution in [0.3, 0.4) is 0 Å². The monoisotopic (exact) mass is 232 g/mol. The summed E-state index contributed by atoms with van der Waals surface area (Å²) in [6, 6.07) is 1.82. The molecule has 0 radical (unpaired) electrons. The van der Waals surface area contributed by atoms with E-state index < -0.39 is 15.3 Å². The van der Waals surface area contributed by atoms with Crippen LogP contribution in [0, 0.1) is 11.3 Å². The average Bonchev–Trinajstić information content (AvgIpc) is 2.19. The van der Waals surface area contributed by atoms with E-state index in [2.05, 4.69) is 0 Å². The zero-order valence-electron chi connectivity index (χ0n) is 9.90. The molecule has 0 rings (SSSR count). The Morgan fingerprint density at radius 1 is 1.27 bits per heavy atom. The van der Waals surface area contributed by atoms with Crippen molar-refractivity contribution in [3.8, 4) is 6.07 Å². The highest BCUT2D eigenvalue weighted by molar-refractivity contribution is 7.90. The van der Waals surface area contributed by atoms with Gasteiger partial charge in [0.2, 0.25) is 10.0 Å². The lowest BCUT2D eigenvalue weighted by Gasteiger charge is -2.27. The highest BCUT2D eigenvalue weighted by atomic mass is 32.2. The number of rotatable bonds is 6. The Kier molecular flexibility index (Phi) is 5.84. The third-order valence-corrected chi connectivity index (χ3v) is 5.02. The van der Waals surface area contributed by atoms with Gasteiger partial charge in [0.05, 0.1) is 6.07 Å². The second-order valence-electron chi connectivity index (χ2n) is 3.53. The van der Waals surface area contributed by atoms with Gasteiger partial charge in [-0.3, -0.25) is 0 Å². The molecule has 0 aliphatic rings. The van der Waals surface area contributed by atoms with Gasteiger partial charge in [0, 0.05) is 12.6 Å². The first-order chi connectivity index (χ1) is 6.95. The molecular weight excluding hydrogens is 212 g/mol. The maximum atomic E-state index is 12.0. The number of hydrogen-bond donors (Lipinski definition) is 0. The molecule has 0 aliphatic carbocycles. The quantitative estimate of drug-likeness (QED) is 0.700. The van der Waals surface area contributed by atoms with Crippen molar-refractivity contribution in [3.63, 3.8) is 0 Å². The number of sulfonamides is 1. The van der Waals surface area contributed by atoms with Crippen LogP contribution in [0.2, 0.25) is 0 Å². The summed E-state index contributed by atoms with van der Waals surface area (Å²) in [4.78, 5) is 0. The van der Waals surface area contributed by atoms with E-state index in [0.29, 0.717) is 13.0 Å². The minimum Gasteiger partial charge on any atom is -0.211 e. The largest absolute Gasteiger partial charge is 0.230 e. The predicted octanol–water partition coefficient (Wildman–Crippen LogP) is 1.74. The van der Waals surface area contributed by atoms with Gasteiger partial charge < -0.3 is 0 Å². The smallest absolute Gasteiger partial charge is 0.211 e. The Morgan fingerprint density at radius 3 is 2.07 bits per heavy atom. The Labute approximate surface area is 92.9 Å². The van der Waals surface area contributed by atoms with Gasteiger partial charge in [0.1, 0.15) is 0 Å². The topological polar surface area (TPSA) is 61.2 Å². The van der Waals surface area contributed by atoms with Gasteiger partial charge in [0.25, 0.3) is 0 Å². The molecule has 0 aromatic carbocycles. The molecule has 0 aliphatic heterocycles. The predicted molar refractivity (Wildman–Crippen MR) is 60.7 cm³/mol. The van der Waals surface area contributed by atoms with Crippen molar-refractivity contribution in [1.29, 1.82) is 5.26 Å². The van der Waals surface area contributed by atoms with Crippen LogP contribution >= 0.6 is 0 Å². The van der Waals surface area contributed by atoms with Crippen molar-refractivity contribution >= 4 is 10.0 Å². The molecule has 0 N–H and O–H groups in total. The molecule has 0 bridgehead atoms. The first-order valence-corrected chi connectivity index (χ1v) is 6.86. The number of nitrogens with zero attached hydrogens (tertiary/aromatic N) is 2.